The van der Waals surface area contributed by atoms with E-state index in [-0.39, 0.29) is 6.09 Å². The van der Waals surface area contributed by atoms with Crippen molar-refractivity contribution in [2.45, 2.75) is 13.3 Å². The van der Waals surface area contributed by atoms with E-state index in [1.807, 2.05) is 0 Å². The molecule has 74 valence electrons. The highest BCUT2D eigenvalue weighted by atomic mass is 16.6. The second kappa shape index (κ2) is 4.28. The summed E-state index contributed by atoms with van der Waals surface area (Å²) in [6.45, 7) is 7.26. The third kappa shape index (κ3) is 2.73. The highest BCUT2D eigenvalue weighted by Crippen LogP contribution is 2.16. The fourth-order valence-electron chi connectivity index (χ4n) is 1.40. The van der Waals surface area contributed by atoms with Crippen LogP contribution in [0.5, 0.6) is 0 Å². The first kappa shape index (κ1) is 10.1. The number of likely N-dealkylation sites (tertiary alicyclic amines) is 1. The van der Waals surface area contributed by atoms with Gasteiger partial charge in [-0.25, -0.2) is 4.79 Å². The third-order valence-corrected chi connectivity index (χ3v) is 2.14. The molecule has 1 rings (SSSR count). The van der Waals surface area contributed by atoms with Gasteiger partial charge in [-0.1, -0.05) is 6.58 Å². The van der Waals surface area contributed by atoms with E-state index in [2.05, 4.69) is 6.58 Å². The Morgan fingerprint density at radius 3 is 2.92 bits per heavy atom. The molecule has 0 radical (unpaired) electrons. The van der Waals surface area contributed by atoms with Crippen LogP contribution in [0.3, 0.4) is 0 Å². The van der Waals surface area contributed by atoms with Gasteiger partial charge in [0, 0.05) is 13.1 Å². The molecule has 0 aliphatic carbocycles. The van der Waals surface area contributed by atoms with Crippen LogP contribution in [0, 0.1) is 5.92 Å². The second-order valence-electron chi connectivity index (χ2n) is 3.41. The molecule has 2 N–H and O–H groups in total. The van der Waals surface area contributed by atoms with Gasteiger partial charge in [0.1, 0.15) is 0 Å². The summed E-state index contributed by atoms with van der Waals surface area (Å²) in [5.41, 5.74) is 5.50. The zero-order valence-corrected chi connectivity index (χ0v) is 7.95. The molecule has 1 atom stereocenters. The van der Waals surface area contributed by atoms with E-state index in [4.69, 9.17) is 10.5 Å². The minimum atomic E-state index is -0.302. The summed E-state index contributed by atoms with van der Waals surface area (Å²) in [4.78, 5) is 13.0. The van der Waals surface area contributed by atoms with Crippen LogP contribution in [-0.2, 0) is 4.74 Å². The van der Waals surface area contributed by atoms with Gasteiger partial charge < -0.3 is 15.4 Å². The average Bonchev–Trinajstić information content (AvgIpc) is 2.50. The standard InChI is InChI=1S/C9H16N2O2/c1-7(2)13-9(12)11-4-3-8(5-10)6-11/h8H,1,3-6,10H2,2H3/t8-/m0/s1. The SMILES string of the molecule is C=C(C)OC(=O)N1CC[C@@H](CN)C1. The van der Waals surface area contributed by atoms with Crippen LogP contribution in [0.25, 0.3) is 0 Å². The molecule has 0 bridgehead atoms. The Bertz CT molecular complexity index is 216. The molecule has 1 aliphatic rings. The largest absolute Gasteiger partial charge is 0.416 e. The Morgan fingerprint density at radius 1 is 1.77 bits per heavy atom. The van der Waals surface area contributed by atoms with Gasteiger partial charge in [-0.15, -0.1) is 0 Å². The number of carbonyl (C=O) groups excluding carboxylic acids is 1. The Labute approximate surface area is 78.3 Å². The van der Waals surface area contributed by atoms with Crippen molar-refractivity contribution in [3.63, 3.8) is 0 Å². The van der Waals surface area contributed by atoms with Crippen LogP contribution >= 0.6 is 0 Å². The molecule has 4 nitrogen and oxygen atoms in total. The number of amides is 1. The maximum atomic E-state index is 11.3. The van der Waals surface area contributed by atoms with E-state index in [0.717, 1.165) is 13.0 Å². The van der Waals surface area contributed by atoms with Crippen LogP contribution in [0.1, 0.15) is 13.3 Å². The summed E-state index contributed by atoms with van der Waals surface area (Å²) in [6.07, 6.45) is 0.672. The number of nitrogens with two attached hydrogens (primary N) is 1. The summed E-state index contributed by atoms with van der Waals surface area (Å²) >= 11 is 0. The molecule has 1 fully saturated rings. The molecule has 4 heteroatoms. The first-order chi connectivity index (χ1) is 6.13. The van der Waals surface area contributed by atoms with E-state index < -0.39 is 0 Å². The van der Waals surface area contributed by atoms with E-state index in [1.165, 1.54) is 0 Å². The molecular formula is C9H16N2O2. The first-order valence-corrected chi connectivity index (χ1v) is 4.45. The van der Waals surface area contributed by atoms with Crippen molar-refractivity contribution in [1.82, 2.24) is 4.90 Å². The fourth-order valence-corrected chi connectivity index (χ4v) is 1.40. The lowest BCUT2D eigenvalue weighted by atomic mass is 10.1. The maximum Gasteiger partial charge on any atom is 0.414 e. The lowest BCUT2D eigenvalue weighted by Gasteiger charge is -2.15. The van der Waals surface area contributed by atoms with Gasteiger partial charge in [-0.2, -0.15) is 0 Å². The van der Waals surface area contributed by atoms with Crippen LogP contribution in [0.4, 0.5) is 4.79 Å². The molecular weight excluding hydrogens is 168 g/mol. The molecule has 0 aromatic rings. The monoisotopic (exact) mass is 184 g/mol. The van der Waals surface area contributed by atoms with Gasteiger partial charge in [-0.05, 0) is 25.8 Å². The van der Waals surface area contributed by atoms with Crippen molar-refractivity contribution in [2.24, 2.45) is 11.7 Å². The van der Waals surface area contributed by atoms with E-state index >= 15 is 0 Å². The highest BCUT2D eigenvalue weighted by Gasteiger charge is 2.26. The summed E-state index contributed by atoms with van der Waals surface area (Å²) in [5, 5.41) is 0. The van der Waals surface area contributed by atoms with Gasteiger partial charge in [0.25, 0.3) is 0 Å². The number of rotatable bonds is 2. The Hall–Kier alpha value is -1.03. The van der Waals surface area contributed by atoms with Crippen molar-refractivity contribution in [3.05, 3.63) is 12.3 Å². The molecule has 0 unspecified atom stereocenters. The molecule has 0 saturated carbocycles. The van der Waals surface area contributed by atoms with E-state index in [1.54, 1.807) is 11.8 Å². The van der Waals surface area contributed by atoms with Crippen LogP contribution in [-0.4, -0.2) is 30.6 Å². The minimum Gasteiger partial charge on any atom is -0.416 e. The van der Waals surface area contributed by atoms with Gasteiger partial charge >= 0.3 is 6.09 Å². The normalized spacial score (nSPS) is 21.7. The van der Waals surface area contributed by atoms with Crippen molar-refractivity contribution in [2.75, 3.05) is 19.6 Å². The second-order valence-corrected chi connectivity index (χ2v) is 3.41. The molecule has 1 saturated heterocycles. The predicted octanol–water partition coefficient (Wildman–Crippen LogP) is 0.937. The van der Waals surface area contributed by atoms with E-state index in [9.17, 15) is 4.79 Å². The predicted molar refractivity (Wildman–Crippen MR) is 50.0 cm³/mol. The average molecular weight is 184 g/mol. The van der Waals surface area contributed by atoms with Gasteiger partial charge in [0.15, 0.2) is 0 Å². The van der Waals surface area contributed by atoms with Gasteiger partial charge in [0.2, 0.25) is 0 Å². The van der Waals surface area contributed by atoms with Crippen LogP contribution in [0.2, 0.25) is 0 Å². The van der Waals surface area contributed by atoms with E-state index in [0.29, 0.717) is 24.8 Å². The van der Waals surface area contributed by atoms with Crippen molar-refractivity contribution >= 4 is 6.09 Å². The molecule has 0 aromatic carbocycles. The number of hydrogen-bond donors (Lipinski definition) is 1. The molecule has 1 amide bonds. The van der Waals surface area contributed by atoms with Crippen molar-refractivity contribution in [3.8, 4) is 0 Å². The number of ether oxygens (including phenoxy) is 1. The van der Waals surface area contributed by atoms with Crippen molar-refractivity contribution in [1.29, 1.82) is 0 Å². The number of hydrogen-bond acceptors (Lipinski definition) is 3. The topological polar surface area (TPSA) is 55.6 Å². The minimum absolute atomic E-state index is 0.302. The Morgan fingerprint density at radius 2 is 2.46 bits per heavy atom. The quantitative estimate of drug-likeness (QED) is 0.650. The lowest BCUT2D eigenvalue weighted by Crippen LogP contribution is -2.29. The zero-order valence-electron chi connectivity index (χ0n) is 7.95. The highest BCUT2D eigenvalue weighted by molar-refractivity contribution is 5.69. The smallest absolute Gasteiger partial charge is 0.414 e. The number of nitrogens with zero attached hydrogens (tertiary/aromatic N) is 1. The summed E-state index contributed by atoms with van der Waals surface area (Å²) in [6, 6.07) is 0. The van der Waals surface area contributed by atoms with Crippen LogP contribution < -0.4 is 5.73 Å². The fraction of sp³-hybridized carbons (Fsp3) is 0.667. The number of carbonyl (C=O) groups is 1. The zero-order chi connectivity index (χ0) is 9.84. The first-order valence-electron chi connectivity index (χ1n) is 4.45. The van der Waals surface area contributed by atoms with Crippen molar-refractivity contribution < 1.29 is 9.53 Å². The summed E-state index contributed by atoms with van der Waals surface area (Å²) in [5.74, 6) is 0.860. The Balaban J connectivity index is 2.37. The van der Waals surface area contributed by atoms with Gasteiger partial charge in [0.05, 0.1) is 5.76 Å². The maximum absolute atomic E-state index is 11.3. The summed E-state index contributed by atoms with van der Waals surface area (Å²) in [7, 11) is 0. The molecule has 1 heterocycles. The summed E-state index contributed by atoms with van der Waals surface area (Å²) < 4.78 is 4.88. The molecule has 13 heavy (non-hydrogen) atoms. The Kier molecular flexibility index (Phi) is 3.31. The molecule has 0 spiro atoms. The lowest BCUT2D eigenvalue weighted by molar-refractivity contribution is 0.137. The number of allylic oxidation sites excluding steroid dienone is 1. The molecule has 1 aliphatic heterocycles. The third-order valence-electron chi connectivity index (χ3n) is 2.14. The molecule has 0 aromatic heterocycles. The van der Waals surface area contributed by atoms with Crippen LogP contribution in [0.15, 0.2) is 12.3 Å². The van der Waals surface area contributed by atoms with Gasteiger partial charge in [-0.3, -0.25) is 0 Å².